The number of carboxylic acid groups (broad SMARTS) is 1. The van der Waals surface area contributed by atoms with Crippen molar-refractivity contribution in [3.05, 3.63) is 94.5 Å². The fourth-order valence-electron chi connectivity index (χ4n) is 2.81. The van der Waals surface area contributed by atoms with Gasteiger partial charge in [0.05, 0.1) is 12.0 Å². The summed E-state index contributed by atoms with van der Waals surface area (Å²) in [6, 6.07) is 16.3. The molecule has 0 heterocycles. The van der Waals surface area contributed by atoms with Crippen LogP contribution in [0.5, 0.6) is 17.2 Å². The van der Waals surface area contributed by atoms with Crippen LogP contribution in [0.3, 0.4) is 0 Å². The molecule has 3 aromatic carbocycles. The van der Waals surface area contributed by atoms with Crippen LogP contribution < -0.4 is 9.47 Å². The van der Waals surface area contributed by atoms with Gasteiger partial charge in [0.2, 0.25) is 0 Å². The first-order chi connectivity index (χ1) is 15.2. The molecule has 0 aliphatic carbocycles. The third kappa shape index (κ3) is 6.78. The smallest absolute Gasteiger partial charge is 0.416 e. The summed E-state index contributed by atoms with van der Waals surface area (Å²) in [6.07, 6.45) is -1.20. The van der Waals surface area contributed by atoms with E-state index in [0.29, 0.717) is 33.4 Å². The van der Waals surface area contributed by atoms with E-state index >= 15 is 0 Å². The Bertz CT molecular complexity index is 1110. The van der Waals surface area contributed by atoms with Gasteiger partial charge in [-0.25, -0.2) is 0 Å². The number of benzene rings is 3. The number of carboxylic acids is 1. The number of hydrogen-bond acceptors (Lipinski definition) is 3. The van der Waals surface area contributed by atoms with E-state index in [1.54, 1.807) is 54.6 Å². The summed E-state index contributed by atoms with van der Waals surface area (Å²) in [5.41, 5.74) is 0.477. The maximum atomic E-state index is 12.6. The van der Waals surface area contributed by atoms with E-state index in [4.69, 9.17) is 26.2 Å². The predicted molar refractivity (Wildman–Crippen MR) is 115 cm³/mol. The summed E-state index contributed by atoms with van der Waals surface area (Å²) >= 11 is 6.06. The van der Waals surface area contributed by atoms with Crippen molar-refractivity contribution in [2.24, 2.45) is 0 Å². The summed E-state index contributed by atoms with van der Waals surface area (Å²) in [7, 11) is 0. The van der Waals surface area contributed by atoms with Crippen LogP contribution in [-0.2, 0) is 17.4 Å². The maximum Gasteiger partial charge on any atom is 0.416 e. The summed E-state index contributed by atoms with van der Waals surface area (Å²) < 4.78 is 49.4. The number of carbonyl (C=O) groups is 1. The van der Waals surface area contributed by atoms with Crippen LogP contribution in [0.2, 0.25) is 5.02 Å². The van der Waals surface area contributed by atoms with Crippen LogP contribution >= 0.6 is 11.6 Å². The van der Waals surface area contributed by atoms with Gasteiger partial charge in [-0.3, -0.25) is 4.79 Å². The minimum atomic E-state index is -4.37. The molecule has 3 rings (SSSR count). The summed E-state index contributed by atoms with van der Waals surface area (Å²) in [5, 5.41) is 9.37. The lowest BCUT2D eigenvalue weighted by molar-refractivity contribution is -0.138. The molecule has 0 fully saturated rings. The molecule has 0 spiro atoms. The van der Waals surface area contributed by atoms with Gasteiger partial charge in [-0.2, -0.15) is 13.2 Å². The lowest BCUT2D eigenvalue weighted by atomic mass is 10.1. The van der Waals surface area contributed by atoms with E-state index in [2.05, 4.69) is 0 Å². The van der Waals surface area contributed by atoms with Crippen LogP contribution in [0.1, 0.15) is 16.7 Å². The molecule has 0 aromatic heterocycles. The first kappa shape index (κ1) is 23.2. The Hall–Kier alpha value is -3.45. The molecule has 0 aliphatic rings. The molecule has 4 nitrogen and oxygen atoms in total. The lowest BCUT2D eigenvalue weighted by Gasteiger charge is -2.12. The molecule has 166 valence electrons. The monoisotopic (exact) mass is 462 g/mol. The van der Waals surface area contributed by atoms with Gasteiger partial charge in [-0.1, -0.05) is 41.9 Å². The van der Waals surface area contributed by atoms with Crippen LogP contribution in [0.4, 0.5) is 13.2 Å². The van der Waals surface area contributed by atoms with Gasteiger partial charge in [0, 0.05) is 11.1 Å². The number of halogens is 4. The Kier molecular flexibility index (Phi) is 7.43. The van der Waals surface area contributed by atoms with Crippen LogP contribution in [0.25, 0.3) is 6.08 Å². The Morgan fingerprint density at radius 3 is 2.44 bits per heavy atom. The first-order valence-electron chi connectivity index (χ1n) is 9.45. The normalized spacial score (nSPS) is 11.5. The SMILES string of the molecule is O=C(O)Cc1cccc(Oc2cc(Cl)ccc2OCC=Cc2ccc(C(F)(F)F)cc2)c1. The molecule has 0 aliphatic heterocycles. The highest BCUT2D eigenvalue weighted by atomic mass is 35.5. The number of ether oxygens (including phenoxy) is 2. The Labute approximate surface area is 187 Å². The van der Waals surface area contributed by atoms with Crippen molar-refractivity contribution in [2.45, 2.75) is 12.6 Å². The summed E-state index contributed by atoms with van der Waals surface area (Å²) in [4.78, 5) is 10.9. The molecule has 0 unspecified atom stereocenters. The molecule has 3 aromatic rings. The van der Waals surface area contributed by atoms with Gasteiger partial charge >= 0.3 is 12.1 Å². The van der Waals surface area contributed by atoms with E-state index in [1.807, 2.05) is 0 Å². The standard InChI is InChI=1S/C24H18ClF3O4/c25-19-10-11-21(22(15-19)32-20-5-1-3-17(13-20)14-23(29)30)31-12-2-4-16-6-8-18(9-7-16)24(26,27)28/h1-11,13,15H,12,14H2,(H,29,30). The van der Waals surface area contributed by atoms with Gasteiger partial charge in [0.1, 0.15) is 12.4 Å². The fourth-order valence-corrected chi connectivity index (χ4v) is 2.97. The van der Waals surface area contributed by atoms with Crippen LogP contribution in [0.15, 0.2) is 72.8 Å². The van der Waals surface area contributed by atoms with E-state index in [0.717, 1.165) is 12.1 Å². The third-order valence-corrected chi connectivity index (χ3v) is 4.51. The summed E-state index contributed by atoms with van der Waals surface area (Å²) in [5.74, 6) is 0.216. The second-order valence-corrected chi connectivity index (χ2v) is 7.18. The largest absolute Gasteiger partial charge is 0.486 e. The molecular weight excluding hydrogens is 445 g/mol. The van der Waals surface area contributed by atoms with E-state index in [-0.39, 0.29) is 13.0 Å². The summed E-state index contributed by atoms with van der Waals surface area (Å²) in [6.45, 7) is 0.137. The van der Waals surface area contributed by atoms with Crippen molar-refractivity contribution in [3.8, 4) is 17.2 Å². The van der Waals surface area contributed by atoms with Gasteiger partial charge in [0.15, 0.2) is 11.5 Å². The second-order valence-electron chi connectivity index (χ2n) is 6.74. The van der Waals surface area contributed by atoms with Gasteiger partial charge in [0.25, 0.3) is 0 Å². The highest BCUT2D eigenvalue weighted by molar-refractivity contribution is 6.30. The second kappa shape index (κ2) is 10.2. The van der Waals surface area contributed by atoms with Crippen LogP contribution in [0, 0.1) is 0 Å². The van der Waals surface area contributed by atoms with Crippen molar-refractivity contribution < 1.29 is 32.5 Å². The van der Waals surface area contributed by atoms with Crippen molar-refractivity contribution in [3.63, 3.8) is 0 Å². The first-order valence-corrected chi connectivity index (χ1v) is 9.83. The van der Waals surface area contributed by atoms with E-state index in [9.17, 15) is 18.0 Å². The molecule has 0 amide bonds. The molecule has 0 bridgehead atoms. The maximum absolute atomic E-state index is 12.6. The topological polar surface area (TPSA) is 55.8 Å². The van der Waals surface area contributed by atoms with E-state index in [1.165, 1.54) is 12.1 Å². The van der Waals surface area contributed by atoms with Gasteiger partial charge < -0.3 is 14.6 Å². The molecule has 8 heteroatoms. The zero-order valence-electron chi connectivity index (χ0n) is 16.6. The van der Waals surface area contributed by atoms with Crippen molar-refractivity contribution in [1.29, 1.82) is 0 Å². The zero-order valence-corrected chi connectivity index (χ0v) is 17.4. The number of rotatable bonds is 8. The van der Waals surface area contributed by atoms with Gasteiger partial charge in [-0.15, -0.1) is 0 Å². The Morgan fingerprint density at radius 1 is 1.00 bits per heavy atom. The minimum Gasteiger partial charge on any atom is -0.486 e. The highest BCUT2D eigenvalue weighted by Crippen LogP contribution is 2.34. The lowest BCUT2D eigenvalue weighted by Crippen LogP contribution is -2.04. The number of aliphatic carboxylic acids is 1. The minimum absolute atomic E-state index is 0.134. The van der Waals surface area contributed by atoms with Gasteiger partial charge in [-0.05, 0) is 53.6 Å². The molecule has 32 heavy (non-hydrogen) atoms. The molecule has 0 saturated heterocycles. The van der Waals surface area contributed by atoms with Crippen molar-refractivity contribution >= 4 is 23.6 Å². The number of alkyl halides is 3. The molecule has 0 radical (unpaired) electrons. The molecular formula is C24H18ClF3O4. The molecule has 0 atom stereocenters. The molecule has 1 N–H and O–H groups in total. The van der Waals surface area contributed by atoms with Crippen molar-refractivity contribution in [2.75, 3.05) is 6.61 Å². The van der Waals surface area contributed by atoms with Crippen molar-refractivity contribution in [1.82, 2.24) is 0 Å². The Balaban J connectivity index is 1.66. The average molecular weight is 463 g/mol. The zero-order chi connectivity index (χ0) is 23.1. The highest BCUT2D eigenvalue weighted by Gasteiger charge is 2.29. The fraction of sp³-hybridized carbons (Fsp3) is 0.125. The molecule has 0 saturated carbocycles. The third-order valence-electron chi connectivity index (χ3n) is 4.27. The number of hydrogen-bond donors (Lipinski definition) is 1. The predicted octanol–water partition coefficient (Wildman–Crippen LogP) is 6.87. The Morgan fingerprint density at radius 2 is 1.75 bits per heavy atom. The quantitative estimate of drug-likeness (QED) is 0.397. The average Bonchev–Trinajstić information content (AvgIpc) is 2.72. The van der Waals surface area contributed by atoms with Crippen LogP contribution in [-0.4, -0.2) is 17.7 Å². The van der Waals surface area contributed by atoms with E-state index < -0.39 is 17.7 Å².